The molecule has 1 aliphatic rings. The summed E-state index contributed by atoms with van der Waals surface area (Å²) in [6, 6.07) is 6.83. The van der Waals surface area contributed by atoms with Gasteiger partial charge in [-0.15, -0.1) is 0 Å². The van der Waals surface area contributed by atoms with E-state index in [9.17, 15) is 0 Å². The van der Waals surface area contributed by atoms with Crippen molar-refractivity contribution in [2.45, 2.75) is 25.3 Å². The molecular weight excluding hydrogens is 210 g/mol. The second kappa shape index (κ2) is 4.00. The second-order valence-corrected chi connectivity index (χ2v) is 4.81. The van der Waals surface area contributed by atoms with Crippen LogP contribution in [0.15, 0.2) is 30.6 Å². The van der Waals surface area contributed by atoms with Crippen LogP contribution in [0, 0.1) is 0 Å². The molecule has 1 aliphatic carbocycles. The van der Waals surface area contributed by atoms with Gasteiger partial charge in [0, 0.05) is 24.8 Å². The minimum atomic E-state index is 0.204. The second-order valence-electron chi connectivity index (χ2n) is 4.81. The largest absolute Gasteiger partial charge is 0.324 e. The van der Waals surface area contributed by atoms with E-state index in [-0.39, 0.29) is 6.04 Å². The molecular formula is C14H17N3. The van der Waals surface area contributed by atoms with Crippen molar-refractivity contribution in [3.8, 4) is 11.1 Å². The zero-order valence-electron chi connectivity index (χ0n) is 10.1. The summed E-state index contributed by atoms with van der Waals surface area (Å²) in [4.78, 5) is 0. The molecule has 0 saturated carbocycles. The molecule has 0 spiro atoms. The van der Waals surface area contributed by atoms with Crippen molar-refractivity contribution < 1.29 is 0 Å². The quantitative estimate of drug-likeness (QED) is 0.813. The van der Waals surface area contributed by atoms with E-state index in [1.165, 1.54) is 23.1 Å². The average Bonchev–Trinajstić information content (AvgIpc) is 2.76. The smallest absolute Gasteiger partial charge is 0.0568 e. The molecule has 1 aromatic carbocycles. The lowest BCUT2D eigenvalue weighted by atomic mass is 9.86. The first kappa shape index (κ1) is 10.5. The molecule has 0 amide bonds. The van der Waals surface area contributed by atoms with Gasteiger partial charge in [-0.3, -0.25) is 4.68 Å². The molecule has 17 heavy (non-hydrogen) atoms. The van der Waals surface area contributed by atoms with Crippen LogP contribution in [-0.2, 0) is 13.5 Å². The highest BCUT2D eigenvalue weighted by atomic mass is 15.2. The van der Waals surface area contributed by atoms with Gasteiger partial charge in [0.05, 0.1) is 6.20 Å². The molecule has 2 N–H and O–H groups in total. The van der Waals surface area contributed by atoms with Crippen molar-refractivity contribution in [3.05, 3.63) is 41.7 Å². The summed E-state index contributed by atoms with van der Waals surface area (Å²) in [5.41, 5.74) is 11.3. The molecule has 2 aromatic rings. The highest BCUT2D eigenvalue weighted by Gasteiger charge is 2.17. The fraction of sp³-hybridized carbons (Fsp3) is 0.357. The van der Waals surface area contributed by atoms with Gasteiger partial charge in [0.25, 0.3) is 0 Å². The van der Waals surface area contributed by atoms with Gasteiger partial charge in [0.2, 0.25) is 0 Å². The van der Waals surface area contributed by atoms with Crippen LogP contribution in [0.3, 0.4) is 0 Å². The summed E-state index contributed by atoms with van der Waals surface area (Å²) >= 11 is 0. The van der Waals surface area contributed by atoms with E-state index >= 15 is 0 Å². The number of aromatic nitrogens is 2. The Hall–Kier alpha value is -1.61. The molecule has 3 rings (SSSR count). The summed E-state index contributed by atoms with van der Waals surface area (Å²) in [7, 11) is 1.94. The summed E-state index contributed by atoms with van der Waals surface area (Å²) in [6.07, 6.45) is 7.41. The molecule has 3 nitrogen and oxygen atoms in total. The third-order valence-electron chi connectivity index (χ3n) is 3.54. The fourth-order valence-corrected chi connectivity index (χ4v) is 2.59. The zero-order valence-corrected chi connectivity index (χ0v) is 10.1. The van der Waals surface area contributed by atoms with Gasteiger partial charge < -0.3 is 5.73 Å². The first-order valence-corrected chi connectivity index (χ1v) is 6.11. The first-order valence-electron chi connectivity index (χ1n) is 6.11. The molecule has 0 fully saturated rings. The summed E-state index contributed by atoms with van der Waals surface area (Å²) in [5, 5.41) is 4.21. The Kier molecular flexibility index (Phi) is 2.48. The summed E-state index contributed by atoms with van der Waals surface area (Å²) < 4.78 is 1.83. The number of benzene rings is 1. The molecule has 0 aliphatic heterocycles. The average molecular weight is 227 g/mol. The summed E-state index contributed by atoms with van der Waals surface area (Å²) in [5.74, 6) is 0. The highest BCUT2D eigenvalue weighted by Crippen LogP contribution is 2.31. The standard InChI is InChI=1S/C14H17N3/c1-17-9-12(8-16-17)11-6-5-10-3-2-4-14(15)13(10)7-11/h5-9,14H,2-4,15H2,1H3. The van der Waals surface area contributed by atoms with Crippen LogP contribution in [0.2, 0.25) is 0 Å². The monoisotopic (exact) mass is 227 g/mol. The number of nitrogens with two attached hydrogens (primary N) is 1. The van der Waals surface area contributed by atoms with E-state index in [1.807, 2.05) is 24.1 Å². The maximum Gasteiger partial charge on any atom is 0.0568 e. The molecule has 3 heteroatoms. The Labute approximate surface area is 101 Å². The molecule has 0 saturated heterocycles. The SMILES string of the molecule is Cn1cc(-c2ccc3c(c2)C(N)CCC3)cn1. The topological polar surface area (TPSA) is 43.8 Å². The van der Waals surface area contributed by atoms with Crippen molar-refractivity contribution in [2.24, 2.45) is 12.8 Å². The number of rotatable bonds is 1. The molecule has 1 heterocycles. The van der Waals surface area contributed by atoms with Crippen LogP contribution in [0.4, 0.5) is 0 Å². The van der Waals surface area contributed by atoms with Crippen LogP contribution in [0.25, 0.3) is 11.1 Å². The van der Waals surface area contributed by atoms with E-state index in [1.54, 1.807) is 0 Å². The van der Waals surface area contributed by atoms with E-state index in [0.29, 0.717) is 0 Å². The van der Waals surface area contributed by atoms with E-state index in [2.05, 4.69) is 23.3 Å². The Bertz CT molecular complexity index is 542. The van der Waals surface area contributed by atoms with Gasteiger partial charge in [-0.1, -0.05) is 12.1 Å². The van der Waals surface area contributed by atoms with Crippen molar-refractivity contribution >= 4 is 0 Å². The van der Waals surface area contributed by atoms with Gasteiger partial charge in [-0.05, 0) is 42.0 Å². The number of hydrogen-bond acceptors (Lipinski definition) is 2. The van der Waals surface area contributed by atoms with Gasteiger partial charge in [0.1, 0.15) is 0 Å². The van der Waals surface area contributed by atoms with Crippen LogP contribution >= 0.6 is 0 Å². The lowest BCUT2D eigenvalue weighted by Crippen LogP contribution is -2.17. The zero-order chi connectivity index (χ0) is 11.8. The normalized spacial score (nSPS) is 19.1. The molecule has 88 valence electrons. The minimum Gasteiger partial charge on any atom is -0.324 e. The lowest BCUT2D eigenvalue weighted by molar-refractivity contribution is 0.571. The van der Waals surface area contributed by atoms with Gasteiger partial charge in [0.15, 0.2) is 0 Å². The fourth-order valence-electron chi connectivity index (χ4n) is 2.59. The van der Waals surface area contributed by atoms with Crippen molar-refractivity contribution in [3.63, 3.8) is 0 Å². The predicted molar refractivity (Wildman–Crippen MR) is 68.5 cm³/mol. The number of nitrogens with zero attached hydrogens (tertiary/aromatic N) is 2. The van der Waals surface area contributed by atoms with E-state index in [0.717, 1.165) is 18.4 Å². The Morgan fingerprint density at radius 3 is 3.00 bits per heavy atom. The van der Waals surface area contributed by atoms with Crippen LogP contribution in [0.5, 0.6) is 0 Å². The van der Waals surface area contributed by atoms with E-state index < -0.39 is 0 Å². The number of fused-ring (bicyclic) bond motifs is 1. The minimum absolute atomic E-state index is 0.204. The lowest BCUT2D eigenvalue weighted by Gasteiger charge is -2.22. The van der Waals surface area contributed by atoms with Crippen LogP contribution in [0.1, 0.15) is 30.0 Å². The number of aryl methyl sites for hydroxylation is 2. The van der Waals surface area contributed by atoms with Gasteiger partial charge in [-0.25, -0.2) is 0 Å². The first-order chi connectivity index (χ1) is 8.24. The Morgan fingerprint density at radius 1 is 1.35 bits per heavy atom. The highest BCUT2D eigenvalue weighted by molar-refractivity contribution is 5.64. The van der Waals surface area contributed by atoms with Crippen molar-refractivity contribution in [2.75, 3.05) is 0 Å². The van der Waals surface area contributed by atoms with Gasteiger partial charge >= 0.3 is 0 Å². The van der Waals surface area contributed by atoms with Crippen LogP contribution in [-0.4, -0.2) is 9.78 Å². The molecule has 1 atom stereocenters. The third kappa shape index (κ3) is 1.87. The number of hydrogen-bond donors (Lipinski definition) is 1. The summed E-state index contributed by atoms with van der Waals surface area (Å²) in [6.45, 7) is 0. The maximum atomic E-state index is 6.18. The third-order valence-corrected chi connectivity index (χ3v) is 3.54. The Balaban J connectivity index is 2.05. The van der Waals surface area contributed by atoms with E-state index in [4.69, 9.17) is 5.73 Å². The van der Waals surface area contributed by atoms with Crippen molar-refractivity contribution in [1.29, 1.82) is 0 Å². The molecule has 1 aromatic heterocycles. The predicted octanol–water partition coefficient (Wildman–Crippen LogP) is 2.42. The maximum absolute atomic E-state index is 6.18. The van der Waals surface area contributed by atoms with Gasteiger partial charge in [-0.2, -0.15) is 5.10 Å². The Morgan fingerprint density at radius 2 is 2.24 bits per heavy atom. The van der Waals surface area contributed by atoms with Crippen LogP contribution < -0.4 is 5.73 Å². The molecule has 1 unspecified atom stereocenters. The van der Waals surface area contributed by atoms with Crippen molar-refractivity contribution in [1.82, 2.24) is 9.78 Å². The molecule has 0 bridgehead atoms. The molecule has 0 radical (unpaired) electrons.